The van der Waals surface area contributed by atoms with Crippen LogP contribution in [0.25, 0.3) is 0 Å². The number of hydrazine groups is 1. The molecule has 0 aliphatic heterocycles. The number of carbonyl (C=O) groups is 1. The molecule has 0 aliphatic carbocycles. The maximum atomic E-state index is 10.5. The highest BCUT2D eigenvalue weighted by Gasteiger charge is 2.19. The molecule has 12 heavy (non-hydrogen) atoms. The summed E-state index contributed by atoms with van der Waals surface area (Å²) in [7, 11) is 0. The molecule has 0 amide bonds. The van der Waals surface area contributed by atoms with Crippen molar-refractivity contribution in [3.63, 3.8) is 0 Å². The van der Waals surface area contributed by atoms with Crippen LogP contribution in [0.4, 0.5) is 0 Å². The summed E-state index contributed by atoms with van der Waals surface area (Å²) < 4.78 is 0. The molecule has 0 spiro atoms. The van der Waals surface area contributed by atoms with E-state index in [2.05, 4.69) is 6.58 Å². The van der Waals surface area contributed by atoms with E-state index in [-0.39, 0.29) is 12.4 Å². The number of hydrogen-bond donors (Lipinski definition) is 2. The van der Waals surface area contributed by atoms with Crippen LogP contribution in [0.1, 0.15) is 13.3 Å². The van der Waals surface area contributed by atoms with Crippen LogP contribution in [-0.4, -0.2) is 28.7 Å². The predicted molar refractivity (Wildman–Crippen MR) is 50.1 cm³/mol. The molecule has 0 bridgehead atoms. The lowest BCUT2D eigenvalue weighted by molar-refractivity contribution is -0.143. The van der Waals surface area contributed by atoms with Gasteiger partial charge in [-0.3, -0.25) is 10.6 Å². The first kappa shape index (κ1) is 14.0. The van der Waals surface area contributed by atoms with E-state index in [0.29, 0.717) is 13.0 Å². The third-order valence-electron chi connectivity index (χ3n) is 1.44. The Bertz CT molecular complexity index is 152. The Morgan fingerprint density at radius 2 is 2.33 bits per heavy atom. The lowest BCUT2D eigenvalue weighted by atomic mass is 10.2. The Balaban J connectivity index is 0. The van der Waals surface area contributed by atoms with Gasteiger partial charge in [0.25, 0.3) is 0 Å². The summed E-state index contributed by atoms with van der Waals surface area (Å²) in [6.45, 7) is 5.78. The second-order valence-corrected chi connectivity index (χ2v) is 2.21. The van der Waals surface area contributed by atoms with E-state index in [1.807, 2.05) is 0 Å². The van der Waals surface area contributed by atoms with Gasteiger partial charge in [-0.1, -0.05) is 13.0 Å². The van der Waals surface area contributed by atoms with Crippen molar-refractivity contribution in [1.29, 1.82) is 0 Å². The molecule has 0 rings (SSSR count). The maximum Gasteiger partial charge on any atom is 0.322 e. The number of aliphatic carboxylic acids is 1. The van der Waals surface area contributed by atoms with Crippen molar-refractivity contribution in [3.05, 3.63) is 12.7 Å². The molecular weight excluding hydrogens is 180 g/mol. The molecule has 1 atom stereocenters. The number of halogens is 1. The van der Waals surface area contributed by atoms with Crippen LogP contribution in [-0.2, 0) is 4.79 Å². The molecule has 3 N–H and O–H groups in total. The van der Waals surface area contributed by atoms with Gasteiger partial charge in [0, 0.05) is 6.54 Å². The molecule has 0 saturated carbocycles. The highest BCUT2D eigenvalue weighted by molar-refractivity contribution is 5.85. The van der Waals surface area contributed by atoms with Crippen LogP contribution in [0.15, 0.2) is 12.7 Å². The summed E-state index contributed by atoms with van der Waals surface area (Å²) in [4.78, 5) is 10.5. The van der Waals surface area contributed by atoms with E-state index in [4.69, 9.17) is 10.9 Å². The SMILES string of the molecule is C=CCC(C(=O)O)N(N)CC.Cl. The van der Waals surface area contributed by atoms with E-state index in [1.54, 1.807) is 13.0 Å². The van der Waals surface area contributed by atoms with Gasteiger partial charge in [0.05, 0.1) is 0 Å². The van der Waals surface area contributed by atoms with Crippen molar-refractivity contribution in [2.45, 2.75) is 19.4 Å². The molecule has 0 aromatic rings. The van der Waals surface area contributed by atoms with Crippen LogP contribution in [0.5, 0.6) is 0 Å². The fourth-order valence-electron chi connectivity index (χ4n) is 0.756. The maximum absolute atomic E-state index is 10.5. The average Bonchev–Trinajstić information content (AvgIpc) is 1.98. The second-order valence-electron chi connectivity index (χ2n) is 2.21. The lowest BCUT2D eigenvalue weighted by Gasteiger charge is -2.20. The Kier molecular flexibility index (Phi) is 8.26. The first-order valence-electron chi connectivity index (χ1n) is 3.48. The van der Waals surface area contributed by atoms with Crippen LogP contribution in [0.2, 0.25) is 0 Å². The standard InChI is InChI=1S/C7H14N2O2.ClH/c1-3-5-6(7(10)11)9(8)4-2;/h3,6H,1,4-5,8H2,2H3,(H,10,11);1H. The first-order chi connectivity index (χ1) is 5.13. The minimum Gasteiger partial charge on any atom is -0.480 e. The fourth-order valence-corrected chi connectivity index (χ4v) is 0.756. The van der Waals surface area contributed by atoms with Gasteiger partial charge < -0.3 is 5.11 Å². The molecule has 0 heterocycles. The minimum atomic E-state index is -0.908. The van der Waals surface area contributed by atoms with E-state index in [1.165, 1.54) is 5.01 Å². The van der Waals surface area contributed by atoms with Crippen LogP contribution in [0.3, 0.4) is 0 Å². The van der Waals surface area contributed by atoms with E-state index in [9.17, 15) is 4.79 Å². The van der Waals surface area contributed by atoms with Gasteiger partial charge in [-0.15, -0.1) is 19.0 Å². The zero-order valence-electron chi connectivity index (χ0n) is 7.06. The van der Waals surface area contributed by atoms with Gasteiger partial charge in [-0.05, 0) is 6.42 Å². The molecule has 0 fully saturated rings. The zero-order valence-corrected chi connectivity index (χ0v) is 7.88. The number of nitrogens with two attached hydrogens (primary N) is 1. The van der Waals surface area contributed by atoms with Crippen molar-refractivity contribution in [1.82, 2.24) is 5.01 Å². The van der Waals surface area contributed by atoms with Gasteiger partial charge in [-0.2, -0.15) is 0 Å². The van der Waals surface area contributed by atoms with Crippen LogP contribution >= 0.6 is 12.4 Å². The minimum absolute atomic E-state index is 0. The van der Waals surface area contributed by atoms with E-state index < -0.39 is 12.0 Å². The molecule has 5 heteroatoms. The van der Waals surface area contributed by atoms with Gasteiger partial charge in [-0.25, -0.2) is 5.01 Å². The number of carboxylic acids is 1. The molecule has 0 aromatic carbocycles. The molecular formula is C7H15ClN2O2. The monoisotopic (exact) mass is 194 g/mol. The third kappa shape index (κ3) is 4.33. The van der Waals surface area contributed by atoms with Gasteiger partial charge in [0.1, 0.15) is 6.04 Å². The van der Waals surface area contributed by atoms with Gasteiger partial charge in [0.15, 0.2) is 0 Å². The predicted octanol–water partition coefficient (Wildman–Crippen LogP) is 0.633. The number of nitrogens with zero attached hydrogens (tertiary/aromatic N) is 1. The molecule has 1 unspecified atom stereocenters. The number of hydrogen-bond acceptors (Lipinski definition) is 3. The Hall–Kier alpha value is -0.580. The number of likely N-dealkylation sites (N-methyl/N-ethyl adjacent to an activating group) is 1. The van der Waals surface area contributed by atoms with Crippen molar-refractivity contribution in [2.24, 2.45) is 5.84 Å². The Labute approximate surface area is 78.4 Å². The summed E-state index contributed by atoms with van der Waals surface area (Å²) in [5, 5.41) is 9.92. The number of rotatable bonds is 5. The topological polar surface area (TPSA) is 66.6 Å². The van der Waals surface area contributed by atoms with E-state index in [0.717, 1.165) is 0 Å². The van der Waals surface area contributed by atoms with Gasteiger partial charge >= 0.3 is 5.97 Å². The highest BCUT2D eigenvalue weighted by atomic mass is 35.5. The van der Waals surface area contributed by atoms with Crippen molar-refractivity contribution in [3.8, 4) is 0 Å². The average molecular weight is 195 g/mol. The molecule has 0 radical (unpaired) electrons. The van der Waals surface area contributed by atoms with Crippen molar-refractivity contribution >= 4 is 18.4 Å². The lowest BCUT2D eigenvalue weighted by Crippen LogP contribution is -2.45. The Morgan fingerprint density at radius 1 is 1.83 bits per heavy atom. The van der Waals surface area contributed by atoms with Crippen LogP contribution < -0.4 is 5.84 Å². The molecule has 72 valence electrons. The van der Waals surface area contributed by atoms with Crippen LogP contribution in [0, 0.1) is 0 Å². The zero-order chi connectivity index (χ0) is 8.85. The quantitative estimate of drug-likeness (QED) is 0.383. The largest absolute Gasteiger partial charge is 0.480 e. The second kappa shape index (κ2) is 7.09. The third-order valence-corrected chi connectivity index (χ3v) is 1.44. The molecule has 4 nitrogen and oxygen atoms in total. The fraction of sp³-hybridized carbons (Fsp3) is 0.571. The Morgan fingerprint density at radius 3 is 2.58 bits per heavy atom. The molecule has 0 aromatic heterocycles. The van der Waals surface area contributed by atoms with Crippen molar-refractivity contribution in [2.75, 3.05) is 6.54 Å². The number of carboxylic acid groups (broad SMARTS) is 1. The summed E-state index contributed by atoms with van der Waals surface area (Å²) >= 11 is 0. The summed E-state index contributed by atoms with van der Waals surface area (Å²) in [5.41, 5.74) is 0. The highest BCUT2D eigenvalue weighted by Crippen LogP contribution is 1.99. The van der Waals surface area contributed by atoms with Crippen molar-refractivity contribution < 1.29 is 9.90 Å². The summed E-state index contributed by atoms with van der Waals surface area (Å²) in [5.74, 6) is 4.50. The smallest absolute Gasteiger partial charge is 0.322 e. The summed E-state index contributed by atoms with van der Waals surface area (Å²) in [6, 6.07) is -0.641. The molecule has 0 saturated heterocycles. The van der Waals surface area contributed by atoms with E-state index >= 15 is 0 Å². The normalized spacial score (nSPS) is 11.9. The van der Waals surface area contributed by atoms with Gasteiger partial charge in [0.2, 0.25) is 0 Å². The summed E-state index contributed by atoms with van der Waals surface area (Å²) in [6.07, 6.45) is 1.92. The first-order valence-corrected chi connectivity index (χ1v) is 3.48. The molecule has 0 aliphatic rings.